The third-order valence-electron chi connectivity index (χ3n) is 7.15. The first-order valence-corrected chi connectivity index (χ1v) is 11.7. The van der Waals surface area contributed by atoms with E-state index in [1.165, 1.54) is 5.56 Å². The summed E-state index contributed by atoms with van der Waals surface area (Å²) in [5.41, 5.74) is 4.94. The van der Waals surface area contributed by atoms with Gasteiger partial charge >= 0.3 is 6.03 Å². The zero-order chi connectivity index (χ0) is 23.8. The number of carbonyl (C=O) groups excluding carboxylic acids is 1. The predicted molar refractivity (Wildman–Crippen MR) is 128 cm³/mol. The molecule has 1 aromatic heterocycles. The van der Waals surface area contributed by atoms with Gasteiger partial charge in [-0.05, 0) is 49.9 Å². The Kier molecular flexibility index (Phi) is 6.08. The Balaban J connectivity index is 1.40. The molecule has 0 radical (unpaired) electrons. The molecule has 2 N–H and O–H groups in total. The van der Waals surface area contributed by atoms with E-state index in [2.05, 4.69) is 27.9 Å². The minimum Gasteiger partial charge on any atom is -0.333 e. The maximum atomic E-state index is 13.3. The molecule has 0 spiro atoms. The number of hydrogen-bond donors (Lipinski definition) is 2. The number of carbonyl (C=O) groups is 1. The van der Waals surface area contributed by atoms with Crippen molar-refractivity contribution in [3.05, 3.63) is 77.0 Å². The Bertz CT molecular complexity index is 1180. The number of amides is 2. The van der Waals surface area contributed by atoms with Gasteiger partial charge in [-0.2, -0.15) is 5.10 Å². The number of likely N-dealkylation sites (tertiary alicyclic amines) is 1. The number of aromatic nitrogens is 2. The molecule has 2 heterocycles. The number of rotatable bonds is 5. The molecule has 3 aromatic rings. The highest BCUT2D eigenvalue weighted by Crippen LogP contribution is 2.42. The van der Waals surface area contributed by atoms with Gasteiger partial charge in [-0.25, -0.2) is 18.3 Å². The lowest BCUT2D eigenvalue weighted by atomic mass is 9.78. The molecule has 1 saturated heterocycles. The van der Waals surface area contributed by atoms with Crippen LogP contribution in [0.3, 0.4) is 0 Å². The van der Waals surface area contributed by atoms with E-state index in [1.54, 1.807) is 4.68 Å². The van der Waals surface area contributed by atoms with Crippen molar-refractivity contribution in [3.8, 4) is 5.69 Å². The Labute approximate surface area is 198 Å². The second-order valence-corrected chi connectivity index (χ2v) is 9.19. The molecule has 0 bridgehead atoms. The Hall–Kier alpha value is -3.26. The number of nitrogens with zero attached hydrogens (tertiary/aromatic N) is 3. The highest BCUT2D eigenvalue weighted by Gasteiger charge is 2.46. The second-order valence-electron chi connectivity index (χ2n) is 9.19. The largest absolute Gasteiger partial charge is 0.333 e. The van der Waals surface area contributed by atoms with Crippen molar-refractivity contribution < 1.29 is 13.6 Å². The number of alkyl halides is 2. The monoisotopic (exact) mass is 465 g/mol. The fourth-order valence-electron chi connectivity index (χ4n) is 5.52. The molecule has 5 rings (SSSR count). The zero-order valence-electron chi connectivity index (χ0n) is 19.3. The van der Waals surface area contributed by atoms with Crippen LogP contribution in [0.1, 0.15) is 34.7 Å². The van der Waals surface area contributed by atoms with Gasteiger partial charge in [-0.15, -0.1) is 0 Å². The van der Waals surface area contributed by atoms with Gasteiger partial charge in [0.15, 0.2) is 0 Å². The normalized spacial score (nSPS) is 21.9. The molecule has 2 aliphatic rings. The van der Waals surface area contributed by atoms with E-state index >= 15 is 0 Å². The number of fused-ring (bicyclic) bond motifs is 3. The Morgan fingerprint density at radius 2 is 1.85 bits per heavy atom. The third-order valence-corrected chi connectivity index (χ3v) is 7.15. The van der Waals surface area contributed by atoms with Gasteiger partial charge < -0.3 is 5.32 Å². The quantitative estimate of drug-likeness (QED) is 0.576. The molecule has 34 heavy (non-hydrogen) atoms. The summed E-state index contributed by atoms with van der Waals surface area (Å²) in [7, 11) is 0. The maximum absolute atomic E-state index is 13.3. The van der Waals surface area contributed by atoms with Crippen LogP contribution >= 0.6 is 0 Å². The van der Waals surface area contributed by atoms with Gasteiger partial charge in [0, 0.05) is 24.1 Å². The van der Waals surface area contributed by atoms with E-state index in [9.17, 15) is 13.6 Å². The summed E-state index contributed by atoms with van der Waals surface area (Å²) < 4.78 is 28.4. The number of hydrogen-bond acceptors (Lipinski definition) is 3. The number of benzene rings is 2. The molecule has 1 fully saturated rings. The molecular formula is C26H29F2N5O. The van der Waals surface area contributed by atoms with Crippen molar-refractivity contribution >= 4 is 11.8 Å². The van der Waals surface area contributed by atoms with E-state index < -0.39 is 6.43 Å². The van der Waals surface area contributed by atoms with Crippen molar-refractivity contribution in [2.24, 2.45) is 0 Å². The third kappa shape index (κ3) is 4.18. The van der Waals surface area contributed by atoms with E-state index in [1.807, 2.05) is 61.2 Å². The lowest BCUT2D eigenvalue weighted by Gasteiger charge is -2.34. The van der Waals surface area contributed by atoms with Gasteiger partial charge in [-0.1, -0.05) is 42.5 Å². The van der Waals surface area contributed by atoms with Gasteiger partial charge in [0.1, 0.15) is 5.82 Å². The Morgan fingerprint density at radius 1 is 1.12 bits per heavy atom. The van der Waals surface area contributed by atoms with Crippen molar-refractivity contribution in [1.29, 1.82) is 0 Å². The van der Waals surface area contributed by atoms with Crippen molar-refractivity contribution in [3.63, 3.8) is 0 Å². The van der Waals surface area contributed by atoms with Crippen LogP contribution < -0.4 is 10.6 Å². The average molecular weight is 466 g/mol. The summed E-state index contributed by atoms with van der Waals surface area (Å²) in [6.07, 6.45) is -0.728. The average Bonchev–Trinajstić information content (AvgIpc) is 3.31. The van der Waals surface area contributed by atoms with Crippen LogP contribution in [0.2, 0.25) is 0 Å². The van der Waals surface area contributed by atoms with Crippen molar-refractivity contribution in [1.82, 2.24) is 20.0 Å². The topological polar surface area (TPSA) is 62.2 Å². The standard InChI is InChI=1S/C26H29F2N5O/c1-16-17(2)31-33(19-9-4-3-5-10-19)25(16)30-26(34)29-21-14-32(15-23(27)28)22-13-12-18-8-6-7-11-20(18)24(21)22/h3-11,21-24H,12-15H2,1-2H3,(H2,29,30,34)/t21-,22+,24+/m1/s1. The molecule has 2 aromatic carbocycles. The van der Waals surface area contributed by atoms with Crippen LogP contribution in [0.15, 0.2) is 54.6 Å². The van der Waals surface area contributed by atoms with Gasteiger partial charge in [0.2, 0.25) is 0 Å². The summed E-state index contributed by atoms with van der Waals surface area (Å²) in [5.74, 6) is 0.584. The number of nitrogens with one attached hydrogen (secondary N) is 2. The molecule has 2 amide bonds. The molecule has 1 aliphatic heterocycles. The van der Waals surface area contributed by atoms with Gasteiger partial charge in [0.05, 0.1) is 24.0 Å². The molecule has 0 unspecified atom stereocenters. The number of para-hydroxylation sites is 1. The molecule has 0 saturated carbocycles. The Morgan fingerprint density at radius 3 is 2.62 bits per heavy atom. The number of aryl methyl sites for hydroxylation is 2. The smallest absolute Gasteiger partial charge is 0.320 e. The van der Waals surface area contributed by atoms with E-state index in [0.717, 1.165) is 35.3 Å². The minimum atomic E-state index is -2.41. The van der Waals surface area contributed by atoms with E-state index in [4.69, 9.17) is 0 Å². The number of urea groups is 1. The van der Waals surface area contributed by atoms with Crippen LogP contribution in [0, 0.1) is 13.8 Å². The molecule has 1 aliphatic carbocycles. The second kappa shape index (κ2) is 9.18. The summed E-state index contributed by atoms with van der Waals surface area (Å²) in [5, 5.41) is 10.7. The fraction of sp³-hybridized carbons (Fsp3) is 0.385. The minimum absolute atomic E-state index is 0.00646. The van der Waals surface area contributed by atoms with E-state index in [-0.39, 0.29) is 30.6 Å². The lowest BCUT2D eigenvalue weighted by molar-refractivity contribution is 0.0772. The first-order valence-electron chi connectivity index (χ1n) is 11.7. The van der Waals surface area contributed by atoms with Gasteiger partial charge in [0.25, 0.3) is 6.43 Å². The summed E-state index contributed by atoms with van der Waals surface area (Å²) >= 11 is 0. The summed E-state index contributed by atoms with van der Waals surface area (Å²) in [6.45, 7) is 3.95. The predicted octanol–water partition coefficient (Wildman–Crippen LogP) is 4.66. The zero-order valence-corrected chi connectivity index (χ0v) is 19.3. The number of anilines is 1. The molecule has 8 heteroatoms. The molecule has 6 nitrogen and oxygen atoms in total. The highest BCUT2D eigenvalue weighted by atomic mass is 19.3. The van der Waals surface area contributed by atoms with Crippen LogP contribution in [-0.2, 0) is 6.42 Å². The number of halogens is 2. The highest BCUT2D eigenvalue weighted by molar-refractivity contribution is 5.90. The van der Waals surface area contributed by atoms with Crippen LogP contribution in [0.25, 0.3) is 5.69 Å². The summed E-state index contributed by atoms with van der Waals surface area (Å²) in [4.78, 5) is 15.0. The first kappa shape index (κ1) is 22.5. The molecule has 3 atom stereocenters. The van der Waals surface area contributed by atoms with Crippen molar-refractivity contribution in [2.45, 2.75) is 51.1 Å². The molecule has 178 valence electrons. The van der Waals surface area contributed by atoms with Crippen LogP contribution in [0.5, 0.6) is 0 Å². The van der Waals surface area contributed by atoms with Crippen LogP contribution in [0.4, 0.5) is 19.4 Å². The van der Waals surface area contributed by atoms with Gasteiger partial charge in [-0.3, -0.25) is 10.2 Å². The fourth-order valence-corrected chi connectivity index (χ4v) is 5.52. The maximum Gasteiger partial charge on any atom is 0.320 e. The molecular weight excluding hydrogens is 436 g/mol. The first-order chi connectivity index (χ1) is 16.4. The lowest BCUT2D eigenvalue weighted by Crippen LogP contribution is -2.43. The SMILES string of the molecule is Cc1nn(-c2ccccc2)c(NC(=O)N[C@@H]2CN(CC(F)F)[C@H]3CCc4ccccc4[C@@H]23)c1C. The van der Waals surface area contributed by atoms with Crippen LogP contribution in [-0.4, -0.2) is 52.3 Å². The van der Waals surface area contributed by atoms with E-state index in [0.29, 0.717) is 12.4 Å². The van der Waals surface area contributed by atoms with Crippen molar-refractivity contribution in [2.75, 3.05) is 18.4 Å². The summed E-state index contributed by atoms with van der Waals surface area (Å²) in [6, 6.07) is 17.2.